The maximum absolute atomic E-state index is 11.7. The summed E-state index contributed by atoms with van der Waals surface area (Å²) in [6, 6.07) is -0.575. The van der Waals surface area contributed by atoms with Gasteiger partial charge in [-0.15, -0.1) is 0 Å². The Balaban J connectivity index is 2.00. The molecule has 1 heterocycles. The lowest BCUT2D eigenvalue weighted by Crippen LogP contribution is -2.48. The van der Waals surface area contributed by atoms with E-state index in [1.807, 2.05) is 0 Å². The first kappa shape index (κ1) is 13.2. The molecule has 1 saturated heterocycles. The van der Waals surface area contributed by atoms with Crippen LogP contribution in [0, 0.1) is 17.3 Å². The summed E-state index contributed by atoms with van der Waals surface area (Å²) < 4.78 is 10.3. The van der Waals surface area contributed by atoms with Crippen LogP contribution in [0.4, 0.5) is 4.79 Å². The Hall–Kier alpha value is -1.26. The monoisotopic (exact) mass is 255 g/mol. The normalized spacial score (nSPS) is 33.2. The summed E-state index contributed by atoms with van der Waals surface area (Å²) in [4.78, 5) is 23.4. The number of esters is 1. The highest BCUT2D eigenvalue weighted by Gasteiger charge is 2.66. The second-order valence-corrected chi connectivity index (χ2v) is 6.71. The third kappa shape index (κ3) is 2.31. The second kappa shape index (κ2) is 3.87. The van der Waals surface area contributed by atoms with Gasteiger partial charge in [0.15, 0.2) is 0 Å². The van der Waals surface area contributed by atoms with Gasteiger partial charge in [0.2, 0.25) is 0 Å². The number of rotatable bonds is 1. The molecule has 102 valence electrons. The summed E-state index contributed by atoms with van der Waals surface area (Å²) in [6.07, 6.45) is -0.562. The molecule has 0 aromatic carbocycles. The van der Waals surface area contributed by atoms with Crippen LogP contribution in [0.5, 0.6) is 0 Å². The third-order valence-electron chi connectivity index (χ3n) is 3.83. The van der Waals surface area contributed by atoms with Crippen molar-refractivity contribution in [2.75, 3.05) is 6.61 Å². The van der Waals surface area contributed by atoms with E-state index >= 15 is 0 Å². The largest absolute Gasteiger partial charge is 0.464 e. The zero-order valence-electron chi connectivity index (χ0n) is 11.6. The number of carbonyl (C=O) groups excluding carboxylic acids is 2. The van der Waals surface area contributed by atoms with Crippen LogP contribution in [0.1, 0.15) is 34.6 Å². The fourth-order valence-electron chi connectivity index (χ4n) is 2.76. The van der Waals surface area contributed by atoms with E-state index in [4.69, 9.17) is 9.47 Å². The number of hydrogen-bond acceptors (Lipinski definition) is 4. The van der Waals surface area contributed by atoms with E-state index in [9.17, 15) is 9.59 Å². The van der Waals surface area contributed by atoms with Crippen LogP contribution < -0.4 is 5.32 Å². The van der Waals surface area contributed by atoms with E-state index in [2.05, 4.69) is 19.2 Å². The quantitative estimate of drug-likeness (QED) is 0.724. The van der Waals surface area contributed by atoms with Gasteiger partial charge in [0, 0.05) is 11.8 Å². The van der Waals surface area contributed by atoms with Gasteiger partial charge in [-0.1, -0.05) is 13.8 Å². The molecule has 1 aliphatic heterocycles. The highest BCUT2D eigenvalue weighted by atomic mass is 16.6. The minimum atomic E-state index is -0.575. The molecule has 2 aliphatic rings. The first-order chi connectivity index (χ1) is 8.13. The van der Waals surface area contributed by atoms with Gasteiger partial charge >= 0.3 is 12.1 Å². The molecule has 1 amide bonds. The van der Waals surface area contributed by atoms with Crippen LogP contribution in [0.3, 0.4) is 0 Å². The van der Waals surface area contributed by atoms with Crippen molar-refractivity contribution in [2.45, 2.75) is 46.3 Å². The Morgan fingerprint density at radius 3 is 2.61 bits per heavy atom. The molecule has 0 radical (unpaired) electrons. The van der Waals surface area contributed by atoms with Crippen molar-refractivity contribution in [1.29, 1.82) is 0 Å². The van der Waals surface area contributed by atoms with Crippen LogP contribution in [-0.4, -0.2) is 30.3 Å². The second-order valence-electron chi connectivity index (χ2n) is 6.71. The summed E-state index contributed by atoms with van der Waals surface area (Å²) in [5.74, 6) is 0.147. The van der Waals surface area contributed by atoms with E-state index in [0.29, 0.717) is 12.5 Å². The Kier molecular flexibility index (Phi) is 2.83. The molecule has 2 fully saturated rings. The van der Waals surface area contributed by atoms with Crippen LogP contribution >= 0.6 is 0 Å². The van der Waals surface area contributed by atoms with Crippen molar-refractivity contribution < 1.29 is 19.1 Å². The zero-order chi connectivity index (χ0) is 13.7. The molecular weight excluding hydrogens is 234 g/mol. The van der Waals surface area contributed by atoms with Crippen molar-refractivity contribution in [1.82, 2.24) is 5.32 Å². The summed E-state index contributed by atoms with van der Waals surface area (Å²) in [5, 5.41) is 2.64. The van der Waals surface area contributed by atoms with Gasteiger partial charge in [0.05, 0.1) is 6.61 Å². The summed E-state index contributed by atoms with van der Waals surface area (Å²) in [5.41, 5.74) is -0.521. The van der Waals surface area contributed by atoms with Crippen molar-refractivity contribution in [3.8, 4) is 0 Å². The summed E-state index contributed by atoms with van der Waals surface area (Å²) >= 11 is 0. The third-order valence-corrected chi connectivity index (χ3v) is 3.83. The smallest absolute Gasteiger partial charge is 0.408 e. The predicted octanol–water partition coefficient (Wildman–Crippen LogP) is 1.71. The van der Waals surface area contributed by atoms with E-state index in [1.165, 1.54) is 0 Å². The maximum Gasteiger partial charge on any atom is 0.408 e. The van der Waals surface area contributed by atoms with Gasteiger partial charge in [-0.3, -0.25) is 0 Å². The Morgan fingerprint density at radius 1 is 1.44 bits per heavy atom. The molecule has 5 nitrogen and oxygen atoms in total. The van der Waals surface area contributed by atoms with Crippen LogP contribution in [-0.2, 0) is 14.3 Å². The number of cyclic esters (lactones) is 1. The number of hydrogen-bond donors (Lipinski definition) is 1. The van der Waals surface area contributed by atoms with Crippen molar-refractivity contribution in [2.24, 2.45) is 17.3 Å². The molecule has 0 unspecified atom stereocenters. The van der Waals surface area contributed by atoms with Gasteiger partial charge in [0.25, 0.3) is 0 Å². The number of carbonyl (C=O) groups is 2. The van der Waals surface area contributed by atoms with Gasteiger partial charge in [0.1, 0.15) is 11.6 Å². The molecule has 2 rings (SSSR count). The lowest BCUT2D eigenvalue weighted by atomic mass is 10.0. The van der Waals surface area contributed by atoms with Crippen molar-refractivity contribution >= 4 is 12.1 Å². The molecule has 0 aromatic heterocycles. The molecule has 1 N–H and O–H groups in total. The lowest BCUT2D eigenvalue weighted by Gasteiger charge is -2.25. The number of alkyl carbamates (subject to hydrolysis) is 1. The lowest BCUT2D eigenvalue weighted by molar-refractivity contribution is -0.150. The highest BCUT2D eigenvalue weighted by Crippen LogP contribution is 2.61. The van der Waals surface area contributed by atoms with Crippen molar-refractivity contribution in [3.63, 3.8) is 0 Å². The fraction of sp³-hybridized carbons (Fsp3) is 0.846. The Labute approximate surface area is 107 Å². The average molecular weight is 255 g/mol. The molecule has 3 atom stereocenters. The van der Waals surface area contributed by atoms with E-state index < -0.39 is 17.7 Å². The number of nitrogens with one attached hydrogen (secondary N) is 1. The molecular formula is C13H21NO4. The number of ether oxygens (including phenoxy) is 2. The first-order valence-electron chi connectivity index (χ1n) is 6.29. The standard InChI is InChI=1S/C13H21NO4/c1-12(2,3)18-11(16)14-9-8-7(13(8,4)5)6-17-10(9)15/h7-9H,6H2,1-5H3,(H,14,16)/t7-,8-,9+/m0/s1. The SMILES string of the molecule is CC(C)(C)OC(=O)N[C@H]1C(=O)OC[C@H]2[C@@H]1C2(C)C. The Bertz CT molecular complexity index is 383. The highest BCUT2D eigenvalue weighted by molar-refractivity contribution is 5.83. The van der Waals surface area contributed by atoms with E-state index in [-0.39, 0.29) is 17.3 Å². The maximum atomic E-state index is 11.7. The zero-order valence-corrected chi connectivity index (χ0v) is 11.6. The fourth-order valence-corrected chi connectivity index (χ4v) is 2.76. The Morgan fingerprint density at radius 2 is 2.06 bits per heavy atom. The van der Waals surface area contributed by atoms with Crippen LogP contribution in [0.2, 0.25) is 0 Å². The number of amides is 1. The van der Waals surface area contributed by atoms with Gasteiger partial charge in [-0.25, -0.2) is 9.59 Å². The topological polar surface area (TPSA) is 64.6 Å². The van der Waals surface area contributed by atoms with E-state index in [1.54, 1.807) is 20.8 Å². The molecule has 0 bridgehead atoms. The predicted molar refractivity (Wildman–Crippen MR) is 64.9 cm³/mol. The summed E-state index contributed by atoms with van der Waals surface area (Å²) in [6.45, 7) is 10.0. The summed E-state index contributed by atoms with van der Waals surface area (Å²) in [7, 11) is 0. The minimum absolute atomic E-state index is 0.0475. The number of fused-ring (bicyclic) bond motifs is 1. The molecule has 1 saturated carbocycles. The molecule has 18 heavy (non-hydrogen) atoms. The van der Waals surface area contributed by atoms with Crippen molar-refractivity contribution in [3.05, 3.63) is 0 Å². The van der Waals surface area contributed by atoms with Gasteiger partial charge in [-0.05, 0) is 26.2 Å². The molecule has 5 heteroatoms. The van der Waals surface area contributed by atoms with Gasteiger partial charge in [-0.2, -0.15) is 0 Å². The van der Waals surface area contributed by atoms with Gasteiger partial charge < -0.3 is 14.8 Å². The molecule has 0 aromatic rings. The van der Waals surface area contributed by atoms with Crippen LogP contribution in [0.15, 0.2) is 0 Å². The molecule has 0 spiro atoms. The minimum Gasteiger partial charge on any atom is -0.464 e. The average Bonchev–Trinajstić information content (AvgIpc) is 2.71. The first-order valence-corrected chi connectivity index (χ1v) is 6.29. The molecule has 1 aliphatic carbocycles. The van der Waals surface area contributed by atoms with Crippen LogP contribution in [0.25, 0.3) is 0 Å². The van der Waals surface area contributed by atoms with E-state index in [0.717, 1.165) is 0 Å².